The summed E-state index contributed by atoms with van der Waals surface area (Å²) >= 11 is 0. The number of Topliss-reactive ketones (excluding diaryl/α,β-unsaturated/α-hetero) is 2. The van der Waals surface area contributed by atoms with Crippen molar-refractivity contribution in [3.05, 3.63) is 76.9 Å². The fourth-order valence-electron chi connectivity index (χ4n) is 5.01. The van der Waals surface area contributed by atoms with Gasteiger partial charge in [-0.1, -0.05) is 42.5 Å². The molecular weight excluding hydrogens is 352 g/mol. The topological polar surface area (TPSA) is 52.6 Å². The Hall–Kier alpha value is -2.72. The van der Waals surface area contributed by atoms with Crippen LogP contribution >= 0.6 is 0 Å². The molecule has 0 N–H and O–H groups in total. The van der Waals surface area contributed by atoms with Crippen molar-refractivity contribution in [2.75, 3.05) is 0 Å². The van der Waals surface area contributed by atoms with Gasteiger partial charge in [-0.05, 0) is 48.2 Å². The van der Waals surface area contributed by atoms with E-state index in [1.165, 1.54) is 0 Å². The molecule has 3 aliphatic rings. The fourth-order valence-corrected chi connectivity index (χ4v) is 5.01. The first-order valence-electron chi connectivity index (χ1n) is 9.73. The van der Waals surface area contributed by atoms with E-state index in [4.69, 9.17) is 9.47 Å². The number of benzene rings is 2. The Kier molecular flexibility index (Phi) is 3.98. The van der Waals surface area contributed by atoms with Crippen molar-refractivity contribution in [2.24, 2.45) is 11.8 Å². The minimum atomic E-state index is -0.674. The van der Waals surface area contributed by atoms with Crippen molar-refractivity contribution in [3.8, 4) is 5.75 Å². The van der Waals surface area contributed by atoms with E-state index in [9.17, 15) is 9.59 Å². The van der Waals surface area contributed by atoms with Crippen molar-refractivity contribution >= 4 is 11.6 Å². The lowest BCUT2D eigenvalue weighted by Gasteiger charge is -2.19. The quantitative estimate of drug-likeness (QED) is 0.605. The average Bonchev–Trinajstić information content (AvgIpc) is 3.36. The minimum absolute atomic E-state index is 0.0102. The van der Waals surface area contributed by atoms with Gasteiger partial charge in [-0.3, -0.25) is 9.59 Å². The van der Waals surface area contributed by atoms with Crippen LogP contribution in [-0.2, 0) is 20.9 Å². The van der Waals surface area contributed by atoms with Gasteiger partial charge >= 0.3 is 0 Å². The van der Waals surface area contributed by atoms with Gasteiger partial charge in [0.1, 0.15) is 18.3 Å². The van der Waals surface area contributed by atoms with Crippen LogP contribution in [0.3, 0.4) is 0 Å². The highest BCUT2D eigenvalue weighted by Gasteiger charge is 2.61. The second kappa shape index (κ2) is 6.42. The van der Waals surface area contributed by atoms with Crippen LogP contribution in [0.2, 0.25) is 0 Å². The molecule has 1 saturated heterocycles. The normalized spacial score (nSPS) is 30.1. The molecule has 2 aliphatic heterocycles. The summed E-state index contributed by atoms with van der Waals surface area (Å²) in [7, 11) is 0. The molecule has 28 heavy (non-hydrogen) atoms. The summed E-state index contributed by atoms with van der Waals surface area (Å²) in [5.74, 6) is -0.537. The number of hydrogen-bond acceptors (Lipinski definition) is 4. The molecule has 5 rings (SSSR count). The van der Waals surface area contributed by atoms with Gasteiger partial charge in [0.05, 0.1) is 24.0 Å². The predicted octanol–water partition coefficient (Wildman–Crippen LogP) is 3.69. The van der Waals surface area contributed by atoms with E-state index < -0.39 is 5.92 Å². The first-order valence-corrected chi connectivity index (χ1v) is 9.73. The van der Waals surface area contributed by atoms with Crippen LogP contribution in [0.25, 0.3) is 0 Å². The lowest BCUT2D eigenvalue weighted by atomic mass is 9.85. The zero-order chi connectivity index (χ0) is 19.4. The Morgan fingerprint density at radius 3 is 2.04 bits per heavy atom. The van der Waals surface area contributed by atoms with E-state index >= 15 is 0 Å². The zero-order valence-electron chi connectivity index (χ0n) is 15.9. The highest BCUT2D eigenvalue weighted by Crippen LogP contribution is 2.50. The summed E-state index contributed by atoms with van der Waals surface area (Å²) in [5.41, 5.74) is 3.79. The van der Waals surface area contributed by atoms with Crippen LogP contribution in [0, 0.1) is 25.7 Å². The number of hydrogen-bond donors (Lipinski definition) is 0. The van der Waals surface area contributed by atoms with E-state index in [-0.39, 0.29) is 35.6 Å². The summed E-state index contributed by atoms with van der Waals surface area (Å²) < 4.78 is 11.7. The Morgan fingerprint density at radius 2 is 1.46 bits per heavy atom. The van der Waals surface area contributed by atoms with Gasteiger partial charge in [-0.25, -0.2) is 0 Å². The van der Waals surface area contributed by atoms with Crippen LogP contribution in [0.1, 0.15) is 28.2 Å². The third-order valence-electron chi connectivity index (χ3n) is 6.23. The summed E-state index contributed by atoms with van der Waals surface area (Å²) in [4.78, 5) is 26.2. The Balaban J connectivity index is 1.42. The van der Waals surface area contributed by atoms with E-state index in [1.54, 1.807) is 0 Å². The zero-order valence-corrected chi connectivity index (χ0v) is 15.9. The number of carbonyl (C=O) groups excluding carboxylic acids is 2. The monoisotopic (exact) mass is 374 g/mol. The van der Waals surface area contributed by atoms with Crippen molar-refractivity contribution in [3.63, 3.8) is 0 Å². The van der Waals surface area contributed by atoms with Gasteiger partial charge in [-0.15, -0.1) is 0 Å². The van der Waals surface area contributed by atoms with Gasteiger partial charge in [0.15, 0.2) is 11.6 Å². The first-order chi connectivity index (χ1) is 13.5. The highest BCUT2D eigenvalue weighted by atomic mass is 16.5. The Labute approximate surface area is 164 Å². The molecule has 1 aliphatic carbocycles. The van der Waals surface area contributed by atoms with Crippen LogP contribution in [0.15, 0.2) is 54.6 Å². The fraction of sp³-hybridized carbons (Fsp3) is 0.333. The lowest BCUT2D eigenvalue weighted by Crippen LogP contribution is -2.26. The van der Waals surface area contributed by atoms with Crippen molar-refractivity contribution in [2.45, 2.75) is 38.6 Å². The molecule has 0 radical (unpaired) electrons. The molecular formula is C24H22O4. The third-order valence-corrected chi connectivity index (χ3v) is 6.23. The predicted molar refractivity (Wildman–Crippen MR) is 104 cm³/mol. The van der Waals surface area contributed by atoms with E-state index in [0.29, 0.717) is 6.61 Å². The van der Waals surface area contributed by atoms with E-state index in [1.807, 2.05) is 68.5 Å². The van der Waals surface area contributed by atoms with Crippen LogP contribution in [0.5, 0.6) is 5.75 Å². The Morgan fingerprint density at radius 1 is 0.893 bits per heavy atom. The molecule has 5 atom stereocenters. The average molecular weight is 374 g/mol. The SMILES string of the molecule is Cc1cc(OCc2ccccc2)cc(C)c1C1C(=O)[C@@H]2[C@H](C1=O)[C@H]1C=C[C@@H]2O1. The van der Waals surface area contributed by atoms with Crippen LogP contribution in [0.4, 0.5) is 0 Å². The number of aryl methyl sites for hydroxylation is 2. The second-order valence-corrected chi connectivity index (χ2v) is 7.98. The van der Waals surface area contributed by atoms with Gasteiger partial charge in [0.25, 0.3) is 0 Å². The molecule has 2 aromatic carbocycles. The molecule has 1 unspecified atom stereocenters. The molecule has 2 bridgehead atoms. The second-order valence-electron chi connectivity index (χ2n) is 7.98. The van der Waals surface area contributed by atoms with E-state index in [2.05, 4.69) is 0 Å². The lowest BCUT2D eigenvalue weighted by molar-refractivity contribution is -0.127. The standard InChI is InChI=1S/C24H22O4/c1-13-10-16(27-12-15-6-4-3-5-7-15)11-14(2)19(13)22-23(25)20-17-8-9-18(28-17)21(20)24(22)26/h3-11,17-18,20-22H,12H2,1-2H3/t17-,18+,20-,21+,22?. The van der Waals surface area contributed by atoms with Gasteiger partial charge in [0, 0.05) is 0 Å². The Bertz CT molecular complexity index is 938. The molecule has 2 fully saturated rings. The van der Waals surface area contributed by atoms with Crippen molar-refractivity contribution in [1.82, 2.24) is 0 Å². The molecule has 2 heterocycles. The molecule has 2 aromatic rings. The summed E-state index contributed by atoms with van der Waals surface area (Å²) in [6.07, 6.45) is 3.40. The summed E-state index contributed by atoms with van der Waals surface area (Å²) in [6, 6.07) is 13.9. The maximum absolute atomic E-state index is 13.1. The van der Waals surface area contributed by atoms with Crippen molar-refractivity contribution in [1.29, 1.82) is 0 Å². The summed E-state index contributed by atoms with van der Waals surface area (Å²) in [6.45, 7) is 4.39. The molecule has 1 saturated carbocycles. The highest BCUT2D eigenvalue weighted by molar-refractivity contribution is 6.17. The number of ketones is 2. The number of ether oxygens (including phenoxy) is 2. The first kappa shape index (κ1) is 17.4. The maximum Gasteiger partial charge on any atom is 0.154 e. The molecule has 142 valence electrons. The van der Waals surface area contributed by atoms with Crippen LogP contribution in [-0.4, -0.2) is 23.8 Å². The summed E-state index contributed by atoms with van der Waals surface area (Å²) in [5, 5.41) is 0. The molecule has 4 nitrogen and oxygen atoms in total. The molecule has 0 amide bonds. The molecule has 0 spiro atoms. The van der Waals surface area contributed by atoms with E-state index in [0.717, 1.165) is 28.0 Å². The van der Waals surface area contributed by atoms with Gasteiger partial charge < -0.3 is 9.47 Å². The number of carbonyl (C=O) groups is 2. The minimum Gasteiger partial charge on any atom is -0.489 e. The molecule has 4 heteroatoms. The maximum atomic E-state index is 13.1. The van der Waals surface area contributed by atoms with Gasteiger partial charge in [-0.2, -0.15) is 0 Å². The largest absolute Gasteiger partial charge is 0.489 e. The van der Waals surface area contributed by atoms with Gasteiger partial charge in [0.2, 0.25) is 0 Å². The molecule has 0 aromatic heterocycles. The third kappa shape index (κ3) is 2.55. The smallest absolute Gasteiger partial charge is 0.154 e. The number of fused-ring (bicyclic) bond motifs is 5. The van der Waals surface area contributed by atoms with Crippen molar-refractivity contribution < 1.29 is 19.1 Å². The van der Waals surface area contributed by atoms with Crippen LogP contribution < -0.4 is 4.74 Å². The number of rotatable bonds is 4.